The normalized spacial score (nSPS) is 10.4. The van der Waals surface area contributed by atoms with Crippen molar-refractivity contribution in [3.63, 3.8) is 0 Å². The van der Waals surface area contributed by atoms with Crippen molar-refractivity contribution in [2.24, 2.45) is 0 Å². The topological polar surface area (TPSA) is 113 Å². The molecule has 0 spiro atoms. The van der Waals surface area contributed by atoms with Crippen molar-refractivity contribution in [3.8, 4) is 5.88 Å². The molecule has 0 bridgehead atoms. The number of hydrogen-bond donors (Lipinski definition) is 2. The highest BCUT2D eigenvalue weighted by Gasteiger charge is 2.06. The molecule has 2 heterocycles. The van der Waals surface area contributed by atoms with Gasteiger partial charge in [-0.3, -0.25) is 0 Å². The predicted octanol–water partition coefficient (Wildman–Crippen LogP) is -0.407. The first-order chi connectivity index (χ1) is 6.70. The summed E-state index contributed by atoms with van der Waals surface area (Å²) in [4.78, 5) is 15.7. The number of fused-ring (bicyclic) bond motifs is 1. The molecule has 2 aromatic rings. The third kappa shape index (κ3) is 1.24. The Morgan fingerprint density at radius 2 is 2.00 bits per heavy atom. The van der Waals surface area contributed by atoms with E-state index in [-0.39, 0.29) is 11.8 Å². The van der Waals surface area contributed by atoms with Crippen LogP contribution >= 0.6 is 0 Å². The second kappa shape index (κ2) is 2.95. The number of hydrogen-bond acceptors (Lipinski definition) is 7. The van der Waals surface area contributed by atoms with Gasteiger partial charge in [-0.15, -0.1) is 0 Å². The summed E-state index contributed by atoms with van der Waals surface area (Å²) in [7, 11) is 1.49. The fourth-order valence-corrected chi connectivity index (χ4v) is 1.03. The zero-order valence-corrected chi connectivity index (χ0v) is 7.43. The number of nitrogens with two attached hydrogens (primary N) is 2. The van der Waals surface area contributed by atoms with Crippen LogP contribution in [0.2, 0.25) is 0 Å². The Labute approximate surface area is 79.1 Å². The van der Waals surface area contributed by atoms with Crippen molar-refractivity contribution in [2.75, 3.05) is 18.6 Å². The lowest BCUT2D eigenvalue weighted by atomic mass is 10.4. The molecular weight excluding hydrogens is 184 g/mol. The Bertz CT molecular complexity index is 485. The number of anilines is 2. The van der Waals surface area contributed by atoms with E-state index in [1.807, 2.05) is 0 Å². The zero-order valence-electron chi connectivity index (χ0n) is 7.43. The summed E-state index contributed by atoms with van der Waals surface area (Å²) < 4.78 is 4.89. The molecule has 0 aromatic carbocycles. The van der Waals surface area contributed by atoms with Gasteiger partial charge >= 0.3 is 0 Å². The average Bonchev–Trinajstić information content (AvgIpc) is 2.16. The number of methoxy groups -OCH3 is 1. The van der Waals surface area contributed by atoms with Crippen LogP contribution in [-0.2, 0) is 0 Å². The van der Waals surface area contributed by atoms with E-state index in [1.54, 1.807) is 0 Å². The molecule has 0 fully saturated rings. The predicted molar refractivity (Wildman–Crippen MR) is 50.5 cm³/mol. The van der Waals surface area contributed by atoms with Gasteiger partial charge in [0.2, 0.25) is 11.8 Å². The van der Waals surface area contributed by atoms with Crippen LogP contribution in [0.5, 0.6) is 5.88 Å². The van der Waals surface area contributed by atoms with E-state index < -0.39 is 0 Å². The molecule has 72 valence electrons. The molecule has 14 heavy (non-hydrogen) atoms. The smallest absolute Gasteiger partial charge is 0.234 e. The number of nitrogen functional groups attached to an aromatic ring is 2. The summed E-state index contributed by atoms with van der Waals surface area (Å²) >= 11 is 0. The maximum absolute atomic E-state index is 5.57. The van der Waals surface area contributed by atoms with E-state index in [9.17, 15) is 0 Å². The fraction of sp³-hybridized carbons (Fsp3) is 0.143. The van der Waals surface area contributed by atoms with Gasteiger partial charge in [0.05, 0.1) is 13.3 Å². The Kier molecular flexibility index (Phi) is 1.77. The van der Waals surface area contributed by atoms with Gasteiger partial charge in [0.1, 0.15) is 0 Å². The van der Waals surface area contributed by atoms with Crippen LogP contribution in [0.25, 0.3) is 11.2 Å². The number of nitrogens with zero attached hydrogens (tertiary/aromatic N) is 4. The first-order valence-electron chi connectivity index (χ1n) is 3.80. The Hall–Kier alpha value is -2.18. The molecule has 0 aliphatic heterocycles. The van der Waals surface area contributed by atoms with Crippen molar-refractivity contribution in [2.45, 2.75) is 0 Å². The van der Waals surface area contributed by atoms with Gasteiger partial charge in [-0.25, -0.2) is 4.98 Å². The van der Waals surface area contributed by atoms with Crippen LogP contribution < -0.4 is 16.2 Å². The molecule has 7 heteroatoms. The second-order valence-electron chi connectivity index (χ2n) is 2.55. The summed E-state index contributed by atoms with van der Waals surface area (Å²) in [5.74, 6) is 0.634. The Balaban J connectivity index is 2.75. The summed E-state index contributed by atoms with van der Waals surface area (Å²) in [6.45, 7) is 0. The molecule has 0 aliphatic carbocycles. The number of rotatable bonds is 1. The summed E-state index contributed by atoms with van der Waals surface area (Å²) in [5.41, 5.74) is 11.7. The first-order valence-corrected chi connectivity index (χ1v) is 3.80. The molecule has 0 radical (unpaired) electrons. The molecule has 2 aromatic heterocycles. The summed E-state index contributed by atoms with van der Waals surface area (Å²) in [6.07, 6.45) is 1.44. The zero-order chi connectivity index (χ0) is 10.1. The molecule has 0 saturated heterocycles. The minimum Gasteiger partial charge on any atom is -0.480 e. The fourth-order valence-electron chi connectivity index (χ4n) is 1.03. The lowest BCUT2D eigenvalue weighted by Gasteiger charge is -2.02. The lowest BCUT2D eigenvalue weighted by Crippen LogP contribution is -2.03. The maximum atomic E-state index is 5.57. The van der Waals surface area contributed by atoms with Crippen molar-refractivity contribution in [1.29, 1.82) is 0 Å². The van der Waals surface area contributed by atoms with Crippen molar-refractivity contribution in [1.82, 2.24) is 19.9 Å². The molecule has 7 nitrogen and oxygen atoms in total. The molecular formula is C7H8N6O. The molecule has 0 saturated carbocycles. The number of aromatic nitrogens is 4. The van der Waals surface area contributed by atoms with Crippen molar-refractivity contribution >= 4 is 22.9 Å². The minimum atomic E-state index is 0.0672. The average molecular weight is 192 g/mol. The molecule has 2 rings (SSSR count). The van der Waals surface area contributed by atoms with Crippen LogP contribution in [0.3, 0.4) is 0 Å². The highest BCUT2D eigenvalue weighted by Crippen LogP contribution is 2.16. The van der Waals surface area contributed by atoms with Gasteiger partial charge in [-0.1, -0.05) is 0 Å². The highest BCUT2D eigenvalue weighted by atomic mass is 16.5. The molecule has 0 atom stereocenters. The SMILES string of the molecule is COc1cnc2c(N)nc(N)nc2n1. The van der Waals surface area contributed by atoms with Gasteiger partial charge in [-0.05, 0) is 0 Å². The third-order valence-electron chi connectivity index (χ3n) is 1.64. The quantitative estimate of drug-likeness (QED) is 0.631. The van der Waals surface area contributed by atoms with E-state index in [0.29, 0.717) is 17.0 Å². The number of ether oxygens (including phenoxy) is 1. The van der Waals surface area contributed by atoms with E-state index in [0.717, 1.165) is 0 Å². The van der Waals surface area contributed by atoms with Gasteiger partial charge in [0, 0.05) is 0 Å². The Morgan fingerprint density at radius 1 is 1.21 bits per heavy atom. The first kappa shape index (κ1) is 8.42. The summed E-state index contributed by atoms with van der Waals surface area (Å²) in [5, 5.41) is 0. The van der Waals surface area contributed by atoms with Crippen LogP contribution in [0, 0.1) is 0 Å². The standard InChI is InChI=1S/C7H8N6O/c1-14-3-2-10-4-5(8)12-7(9)13-6(4)11-3/h2H,1H3,(H4,8,9,11,12,13). The third-order valence-corrected chi connectivity index (χ3v) is 1.64. The van der Waals surface area contributed by atoms with Gasteiger partial charge < -0.3 is 16.2 Å². The van der Waals surface area contributed by atoms with Crippen molar-refractivity contribution in [3.05, 3.63) is 6.20 Å². The largest absolute Gasteiger partial charge is 0.480 e. The van der Waals surface area contributed by atoms with Gasteiger partial charge in [-0.2, -0.15) is 15.0 Å². The molecule has 4 N–H and O–H groups in total. The molecule has 0 aliphatic rings. The van der Waals surface area contributed by atoms with Gasteiger partial charge in [0.25, 0.3) is 0 Å². The van der Waals surface area contributed by atoms with Crippen LogP contribution in [0.4, 0.5) is 11.8 Å². The minimum absolute atomic E-state index is 0.0672. The summed E-state index contributed by atoms with van der Waals surface area (Å²) in [6, 6.07) is 0. The van der Waals surface area contributed by atoms with Crippen molar-refractivity contribution < 1.29 is 4.74 Å². The van der Waals surface area contributed by atoms with Crippen LogP contribution in [0.1, 0.15) is 0 Å². The lowest BCUT2D eigenvalue weighted by molar-refractivity contribution is 0.397. The van der Waals surface area contributed by atoms with E-state index in [2.05, 4.69) is 19.9 Å². The second-order valence-corrected chi connectivity index (χ2v) is 2.55. The highest BCUT2D eigenvalue weighted by molar-refractivity contribution is 5.81. The van der Waals surface area contributed by atoms with Crippen LogP contribution in [0.15, 0.2) is 6.20 Å². The monoisotopic (exact) mass is 192 g/mol. The van der Waals surface area contributed by atoms with E-state index >= 15 is 0 Å². The van der Waals surface area contributed by atoms with E-state index in [4.69, 9.17) is 16.2 Å². The van der Waals surface area contributed by atoms with E-state index in [1.165, 1.54) is 13.3 Å². The molecule has 0 amide bonds. The van der Waals surface area contributed by atoms with Crippen LogP contribution in [-0.4, -0.2) is 27.0 Å². The van der Waals surface area contributed by atoms with Gasteiger partial charge in [0.15, 0.2) is 17.0 Å². The molecule has 0 unspecified atom stereocenters. The maximum Gasteiger partial charge on any atom is 0.234 e. The Morgan fingerprint density at radius 3 is 2.71 bits per heavy atom.